The van der Waals surface area contributed by atoms with Crippen LogP contribution in [0.1, 0.15) is 28.4 Å². The monoisotopic (exact) mass is 444 g/mol. The zero-order valence-electron chi connectivity index (χ0n) is 19.1. The summed E-state index contributed by atoms with van der Waals surface area (Å²) in [6.07, 6.45) is 0.944. The number of nitrogens with one attached hydrogen (secondary N) is 1. The van der Waals surface area contributed by atoms with Gasteiger partial charge in [0, 0.05) is 29.7 Å². The zero-order valence-corrected chi connectivity index (χ0v) is 19.1. The molecule has 4 aromatic rings. The maximum Gasteiger partial charge on any atom is 0.203 e. The quantitative estimate of drug-likeness (QED) is 0.436. The van der Waals surface area contributed by atoms with Crippen LogP contribution in [0.2, 0.25) is 0 Å². The smallest absolute Gasteiger partial charge is 0.203 e. The SMILES string of the molecule is COc1cc(CN2CCc3c([nH]c4ccccc34)[C@@H]2c2cccc(O)c2)cc(OC)c1OC. The van der Waals surface area contributed by atoms with Crippen LogP contribution in [0.4, 0.5) is 0 Å². The molecule has 0 amide bonds. The molecular weight excluding hydrogens is 416 g/mol. The third-order valence-corrected chi connectivity index (χ3v) is 6.43. The minimum Gasteiger partial charge on any atom is -0.508 e. The number of aromatic hydroxyl groups is 1. The number of hydrogen-bond donors (Lipinski definition) is 2. The average Bonchev–Trinajstić information content (AvgIpc) is 3.21. The Bertz CT molecular complexity index is 1270. The van der Waals surface area contributed by atoms with E-state index in [2.05, 4.69) is 40.2 Å². The van der Waals surface area contributed by atoms with Gasteiger partial charge in [-0.15, -0.1) is 0 Å². The molecule has 1 aliphatic rings. The summed E-state index contributed by atoms with van der Waals surface area (Å²) in [5.41, 5.74) is 5.78. The fraction of sp³-hybridized carbons (Fsp3) is 0.259. The van der Waals surface area contributed by atoms with E-state index in [0.717, 1.165) is 29.6 Å². The Morgan fingerprint density at radius 2 is 1.70 bits per heavy atom. The summed E-state index contributed by atoms with van der Waals surface area (Å²) < 4.78 is 16.6. The maximum atomic E-state index is 10.2. The second kappa shape index (κ2) is 8.71. The molecule has 170 valence electrons. The van der Waals surface area contributed by atoms with Gasteiger partial charge in [0.25, 0.3) is 0 Å². The first kappa shape index (κ1) is 21.2. The van der Waals surface area contributed by atoms with Crippen LogP contribution in [0.15, 0.2) is 60.7 Å². The fourth-order valence-corrected chi connectivity index (χ4v) is 4.99. The van der Waals surface area contributed by atoms with Gasteiger partial charge in [-0.05, 0) is 53.4 Å². The first-order valence-electron chi connectivity index (χ1n) is 11.0. The molecule has 0 saturated carbocycles. The van der Waals surface area contributed by atoms with Crippen LogP contribution in [0, 0.1) is 0 Å². The molecule has 6 heteroatoms. The van der Waals surface area contributed by atoms with Gasteiger partial charge in [-0.2, -0.15) is 0 Å². The average molecular weight is 445 g/mol. The van der Waals surface area contributed by atoms with Gasteiger partial charge >= 0.3 is 0 Å². The first-order chi connectivity index (χ1) is 16.1. The topological polar surface area (TPSA) is 67.0 Å². The van der Waals surface area contributed by atoms with Crippen LogP contribution >= 0.6 is 0 Å². The van der Waals surface area contributed by atoms with Gasteiger partial charge in [0.15, 0.2) is 11.5 Å². The molecule has 0 radical (unpaired) electrons. The molecule has 2 heterocycles. The molecule has 0 spiro atoms. The van der Waals surface area contributed by atoms with E-state index in [0.29, 0.717) is 23.8 Å². The molecule has 5 rings (SSSR count). The summed E-state index contributed by atoms with van der Waals surface area (Å²) in [4.78, 5) is 6.09. The van der Waals surface area contributed by atoms with Crippen LogP contribution in [0.3, 0.4) is 0 Å². The number of aromatic nitrogens is 1. The van der Waals surface area contributed by atoms with Crippen LogP contribution in [0.5, 0.6) is 23.0 Å². The number of hydrogen-bond acceptors (Lipinski definition) is 5. The lowest BCUT2D eigenvalue weighted by Crippen LogP contribution is -2.35. The second-order valence-corrected chi connectivity index (χ2v) is 8.31. The van der Waals surface area contributed by atoms with Crippen molar-refractivity contribution in [3.63, 3.8) is 0 Å². The van der Waals surface area contributed by atoms with Crippen molar-refractivity contribution in [1.29, 1.82) is 0 Å². The molecule has 1 aromatic heterocycles. The van der Waals surface area contributed by atoms with E-state index < -0.39 is 0 Å². The van der Waals surface area contributed by atoms with Crippen molar-refractivity contribution in [1.82, 2.24) is 9.88 Å². The highest BCUT2D eigenvalue weighted by Gasteiger charge is 2.32. The Kier molecular flexibility index (Phi) is 5.60. The summed E-state index contributed by atoms with van der Waals surface area (Å²) in [5.74, 6) is 2.14. The predicted octanol–water partition coefficient (Wildman–Crippen LogP) is 5.05. The number of fused-ring (bicyclic) bond motifs is 3. The lowest BCUT2D eigenvalue weighted by molar-refractivity contribution is 0.201. The number of para-hydroxylation sites is 1. The molecule has 0 bridgehead atoms. The number of phenols is 1. The molecule has 6 nitrogen and oxygen atoms in total. The van der Waals surface area contributed by atoms with Crippen molar-refractivity contribution in [3.8, 4) is 23.0 Å². The second-order valence-electron chi connectivity index (χ2n) is 8.31. The van der Waals surface area contributed by atoms with Crippen molar-refractivity contribution in [2.75, 3.05) is 27.9 Å². The number of nitrogens with zero attached hydrogens (tertiary/aromatic N) is 1. The molecule has 0 unspecified atom stereocenters. The summed E-state index contributed by atoms with van der Waals surface area (Å²) >= 11 is 0. The van der Waals surface area contributed by atoms with Crippen LogP contribution in [-0.4, -0.2) is 42.9 Å². The normalized spacial score (nSPS) is 15.9. The van der Waals surface area contributed by atoms with E-state index in [1.54, 1.807) is 27.4 Å². The Balaban J connectivity index is 1.60. The third kappa shape index (κ3) is 3.76. The van der Waals surface area contributed by atoms with E-state index in [1.165, 1.54) is 16.6 Å². The Morgan fingerprint density at radius 3 is 2.39 bits per heavy atom. The molecule has 2 N–H and O–H groups in total. The van der Waals surface area contributed by atoms with Crippen LogP contribution in [-0.2, 0) is 13.0 Å². The molecule has 33 heavy (non-hydrogen) atoms. The molecule has 3 aromatic carbocycles. The van der Waals surface area contributed by atoms with Gasteiger partial charge in [0.1, 0.15) is 5.75 Å². The van der Waals surface area contributed by atoms with Gasteiger partial charge in [0.2, 0.25) is 5.75 Å². The number of aromatic amines is 1. The Morgan fingerprint density at radius 1 is 0.939 bits per heavy atom. The van der Waals surface area contributed by atoms with Crippen molar-refractivity contribution in [3.05, 3.63) is 83.0 Å². The summed E-state index contributed by atoms with van der Waals surface area (Å²) in [5, 5.41) is 11.5. The van der Waals surface area contributed by atoms with E-state index >= 15 is 0 Å². The third-order valence-electron chi connectivity index (χ3n) is 6.43. The number of phenolic OH excluding ortho intramolecular Hbond substituents is 1. The Hall–Kier alpha value is -3.64. The standard InChI is InChI=1S/C27H28N2O4/c1-31-23-13-17(14-24(32-2)27(23)33-3)16-29-12-11-21-20-9-4-5-10-22(20)28-25(21)26(29)18-7-6-8-19(30)15-18/h4-10,13-15,26,28,30H,11-12,16H2,1-3H3/t26-/m0/s1. The van der Waals surface area contributed by atoms with Crippen molar-refractivity contribution < 1.29 is 19.3 Å². The van der Waals surface area contributed by atoms with Crippen LogP contribution < -0.4 is 14.2 Å². The highest BCUT2D eigenvalue weighted by molar-refractivity contribution is 5.85. The highest BCUT2D eigenvalue weighted by atomic mass is 16.5. The minimum atomic E-state index is -0.0210. The van der Waals surface area contributed by atoms with E-state index in [4.69, 9.17) is 14.2 Å². The van der Waals surface area contributed by atoms with E-state index in [9.17, 15) is 5.11 Å². The molecule has 1 atom stereocenters. The Labute approximate surface area is 193 Å². The largest absolute Gasteiger partial charge is 0.508 e. The number of benzene rings is 3. The summed E-state index contributed by atoms with van der Waals surface area (Å²) in [6, 6.07) is 20.0. The molecule has 0 fully saturated rings. The molecular formula is C27H28N2O4. The lowest BCUT2D eigenvalue weighted by Gasteiger charge is -2.36. The van der Waals surface area contributed by atoms with Crippen molar-refractivity contribution >= 4 is 10.9 Å². The summed E-state index contributed by atoms with van der Waals surface area (Å²) in [7, 11) is 4.88. The van der Waals surface area contributed by atoms with Gasteiger partial charge in [-0.25, -0.2) is 0 Å². The highest BCUT2D eigenvalue weighted by Crippen LogP contribution is 2.42. The van der Waals surface area contributed by atoms with Crippen molar-refractivity contribution in [2.45, 2.75) is 19.0 Å². The molecule has 0 saturated heterocycles. The van der Waals surface area contributed by atoms with Gasteiger partial charge in [0.05, 0.1) is 27.4 Å². The van der Waals surface area contributed by atoms with Gasteiger partial charge in [-0.1, -0.05) is 30.3 Å². The lowest BCUT2D eigenvalue weighted by atomic mass is 9.91. The molecule has 0 aliphatic carbocycles. The van der Waals surface area contributed by atoms with Crippen LogP contribution in [0.25, 0.3) is 10.9 Å². The van der Waals surface area contributed by atoms with E-state index in [1.807, 2.05) is 24.3 Å². The molecule has 1 aliphatic heterocycles. The zero-order chi connectivity index (χ0) is 22.9. The summed E-state index contributed by atoms with van der Waals surface area (Å²) in [6.45, 7) is 1.57. The van der Waals surface area contributed by atoms with E-state index in [-0.39, 0.29) is 11.8 Å². The number of ether oxygens (including phenoxy) is 3. The predicted molar refractivity (Wildman–Crippen MR) is 128 cm³/mol. The van der Waals surface area contributed by atoms with Gasteiger partial charge in [-0.3, -0.25) is 4.90 Å². The first-order valence-corrected chi connectivity index (χ1v) is 11.0. The van der Waals surface area contributed by atoms with Crippen molar-refractivity contribution in [2.24, 2.45) is 0 Å². The number of H-pyrrole nitrogens is 1. The number of methoxy groups -OCH3 is 3. The minimum absolute atomic E-state index is 0.0210. The number of rotatable bonds is 6. The van der Waals surface area contributed by atoms with Gasteiger partial charge < -0.3 is 24.3 Å². The maximum absolute atomic E-state index is 10.2. The fourth-order valence-electron chi connectivity index (χ4n) is 4.99.